The van der Waals surface area contributed by atoms with Gasteiger partial charge in [0.2, 0.25) is 0 Å². The molecule has 1 aromatic carbocycles. The van der Waals surface area contributed by atoms with E-state index in [2.05, 4.69) is 32.3 Å². The highest BCUT2D eigenvalue weighted by molar-refractivity contribution is 5.75. The second kappa shape index (κ2) is 7.27. The summed E-state index contributed by atoms with van der Waals surface area (Å²) in [6.45, 7) is 4.44. The van der Waals surface area contributed by atoms with Gasteiger partial charge in [-0.15, -0.1) is 0 Å². The SMILES string of the molecule is O=C(NCCCc1nc2ccccc2[nH]1)N1CC[C@H](N2CC=CC2)C1. The van der Waals surface area contributed by atoms with E-state index in [9.17, 15) is 4.79 Å². The van der Waals surface area contributed by atoms with Gasteiger partial charge in [0.25, 0.3) is 0 Å². The van der Waals surface area contributed by atoms with E-state index in [-0.39, 0.29) is 6.03 Å². The van der Waals surface area contributed by atoms with E-state index in [4.69, 9.17) is 0 Å². The van der Waals surface area contributed by atoms with Crippen LogP contribution in [-0.2, 0) is 6.42 Å². The van der Waals surface area contributed by atoms with Gasteiger partial charge in [-0.2, -0.15) is 0 Å². The Hall–Kier alpha value is -2.34. The fraction of sp³-hybridized carbons (Fsp3) is 0.474. The number of hydrogen-bond acceptors (Lipinski definition) is 3. The summed E-state index contributed by atoms with van der Waals surface area (Å²) in [5.74, 6) is 0.984. The topological polar surface area (TPSA) is 64.3 Å². The van der Waals surface area contributed by atoms with E-state index in [1.54, 1.807) is 0 Å². The summed E-state index contributed by atoms with van der Waals surface area (Å²) in [7, 11) is 0. The number of nitrogens with one attached hydrogen (secondary N) is 2. The molecule has 0 saturated carbocycles. The molecule has 2 N–H and O–H groups in total. The third kappa shape index (κ3) is 3.69. The van der Waals surface area contributed by atoms with Gasteiger partial charge in [0.1, 0.15) is 5.82 Å². The first-order valence-electron chi connectivity index (χ1n) is 9.15. The van der Waals surface area contributed by atoms with E-state index in [1.165, 1.54) is 0 Å². The number of fused-ring (bicyclic) bond motifs is 1. The summed E-state index contributed by atoms with van der Waals surface area (Å²) in [5.41, 5.74) is 2.07. The summed E-state index contributed by atoms with van der Waals surface area (Å²) in [6.07, 6.45) is 7.23. The van der Waals surface area contributed by atoms with Crippen LogP contribution >= 0.6 is 0 Å². The molecule has 1 fully saturated rings. The maximum absolute atomic E-state index is 12.3. The second-order valence-corrected chi connectivity index (χ2v) is 6.85. The maximum Gasteiger partial charge on any atom is 0.317 e. The normalized spacial score (nSPS) is 20.6. The zero-order valence-electron chi connectivity index (χ0n) is 14.4. The molecule has 0 aliphatic carbocycles. The predicted octanol–water partition coefficient (Wildman–Crippen LogP) is 2.15. The molecule has 2 amide bonds. The lowest BCUT2D eigenvalue weighted by Crippen LogP contribution is -2.42. The number of imidazole rings is 1. The van der Waals surface area contributed by atoms with Crippen molar-refractivity contribution < 1.29 is 4.79 Å². The van der Waals surface area contributed by atoms with Crippen molar-refractivity contribution in [1.29, 1.82) is 0 Å². The summed E-state index contributed by atoms with van der Waals surface area (Å²) >= 11 is 0. The molecule has 1 atom stereocenters. The van der Waals surface area contributed by atoms with Gasteiger partial charge in [0.15, 0.2) is 0 Å². The standard InChI is InChI=1S/C19H25N5O/c25-19(24-13-9-15(14-24)23-11-3-4-12-23)20-10-5-8-18-21-16-6-1-2-7-17(16)22-18/h1-4,6-7,15H,5,8-14H2,(H,20,25)(H,21,22)/t15-/m0/s1. The molecule has 25 heavy (non-hydrogen) atoms. The van der Waals surface area contributed by atoms with Gasteiger partial charge in [-0.25, -0.2) is 9.78 Å². The smallest absolute Gasteiger partial charge is 0.317 e. The molecule has 132 valence electrons. The predicted molar refractivity (Wildman–Crippen MR) is 98.5 cm³/mol. The zero-order chi connectivity index (χ0) is 17.1. The van der Waals surface area contributed by atoms with Gasteiger partial charge in [-0.3, -0.25) is 4.90 Å². The Morgan fingerprint density at radius 2 is 2.12 bits per heavy atom. The van der Waals surface area contributed by atoms with E-state index in [1.807, 2.05) is 29.2 Å². The first-order valence-corrected chi connectivity index (χ1v) is 9.15. The Morgan fingerprint density at radius 3 is 2.96 bits per heavy atom. The second-order valence-electron chi connectivity index (χ2n) is 6.85. The van der Waals surface area contributed by atoms with Crippen molar-refractivity contribution in [2.24, 2.45) is 0 Å². The number of urea groups is 1. The number of nitrogens with zero attached hydrogens (tertiary/aromatic N) is 3. The van der Waals surface area contributed by atoms with Crippen LogP contribution in [0.1, 0.15) is 18.7 Å². The summed E-state index contributed by atoms with van der Waals surface area (Å²) in [4.78, 5) is 24.6. The van der Waals surface area contributed by atoms with Crippen molar-refractivity contribution in [3.63, 3.8) is 0 Å². The number of rotatable bonds is 5. The summed E-state index contributed by atoms with van der Waals surface area (Å²) in [5, 5.41) is 3.05. The minimum atomic E-state index is 0.0688. The molecule has 3 heterocycles. The highest BCUT2D eigenvalue weighted by Crippen LogP contribution is 2.17. The number of hydrogen-bond donors (Lipinski definition) is 2. The average molecular weight is 339 g/mol. The van der Waals surface area contributed by atoms with Crippen molar-refractivity contribution >= 4 is 17.1 Å². The number of benzene rings is 1. The lowest BCUT2D eigenvalue weighted by Gasteiger charge is -2.23. The number of H-pyrrole nitrogens is 1. The van der Waals surface area contributed by atoms with Gasteiger partial charge in [0, 0.05) is 45.2 Å². The molecule has 1 saturated heterocycles. The molecular weight excluding hydrogens is 314 g/mol. The number of para-hydroxylation sites is 2. The number of likely N-dealkylation sites (tertiary alicyclic amines) is 1. The lowest BCUT2D eigenvalue weighted by atomic mass is 10.2. The Kier molecular flexibility index (Phi) is 4.70. The van der Waals surface area contributed by atoms with Crippen molar-refractivity contribution in [2.75, 3.05) is 32.7 Å². The van der Waals surface area contributed by atoms with Crippen LogP contribution < -0.4 is 5.32 Å². The van der Waals surface area contributed by atoms with Crippen LogP contribution in [-0.4, -0.2) is 64.6 Å². The molecule has 1 aromatic heterocycles. The van der Waals surface area contributed by atoms with Crippen molar-refractivity contribution in [2.45, 2.75) is 25.3 Å². The van der Waals surface area contributed by atoms with Crippen molar-refractivity contribution in [3.8, 4) is 0 Å². The first kappa shape index (κ1) is 16.1. The molecule has 4 rings (SSSR count). The van der Waals surface area contributed by atoms with Crippen molar-refractivity contribution in [1.82, 2.24) is 25.1 Å². The average Bonchev–Trinajstić information content (AvgIpc) is 3.37. The molecule has 2 aromatic rings. The zero-order valence-corrected chi connectivity index (χ0v) is 14.4. The van der Waals surface area contributed by atoms with Crippen LogP contribution in [0.4, 0.5) is 4.79 Å². The van der Waals surface area contributed by atoms with Crippen LogP contribution in [0.5, 0.6) is 0 Å². The van der Waals surface area contributed by atoms with Crippen LogP contribution in [0, 0.1) is 0 Å². The Bertz CT molecular complexity index is 727. The number of carbonyl (C=O) groups is 1. The van der Waals surface area contributed by atoms with Crippen LogP contribution in [0.2, 0.25) is 0 Å². The minimum absolute atomic E-state index is 0.0688. The van der Waals surface area contributed by atoms with Gasteiger partial charge in [-0.1, -0.05) is 24.3 Å². The monoisotopic (exact) mass is 339 g/mol. The number of aromatic nitrogens is 2. The Labute approximate surface area is 147 Å². The molecule has 0 spiro atoms. The van der Waals surface area contributed by atoms with Gasteiger partial charge in [0.05, 0.1) is 11.0 Å². The molecule has 0 radical (unpaired) electrons. The third-order valence-corrected chi connectivity index (χ3v) is 5.12. The molecule has 0 unspecified atom stereocenters. The van der Waals surface area contributed by atoms with Gasteiger partial charge in [-0.05, 0) is 25.0 Å². The summed E-state index contributed by atoms with van der Waals surface area (Å²) < 4.78 is 0. The van der Waals surface area contributed by atoms with Gasteiger partial charge < -0.3 is 15.2 Å². The number of aryl methyl sites for hydroxylation is 1. The molecule has 6 heteroatoms. The van der Waals surface area contributed by atoms with Crippen LogP contribution in [0.3, 0.4) is 0 Å². The fourth-order valence-corrected chi connectivity index (χ4v) is 3.70. The van der Waals surface area contributed by atoms with E-state index in [0.29, 0.717) is 12.6 Å². The fourth-order valence-electron chi connectivity index (χ4n) is 3.70. The first-order chi connectivity index (χ1) is 12.3. The van der Waals surface area contributed by atoms with Gasteiger partial charge >= 0.3 is 6.03 Å². The molecule has 2 aliphatic heterocycles. The van der Waals surface area contributed by atoms with Crippen LogP contribution in [0.25, 0.3) is 11.0 Å². The quantitative estimate of drug-likeness (QED) is 0.648. The van der Waals surface area contributed by atoms with E-state index < -0.39 is 0 Å². The summed E-state index contributed by atoms with van der Waals surface area (Å²) in [6, 6.07) is 8.63. The molecule has 6 nitrogen and oxygen atoms in total. The minimum Gasteiger partial charge on any atom is -0.342 e. The van der Waals surface area contributed by atoms with E-state index in [0.717, 1.165) is 62.3 Å². The Morgan fingerprint density at radius 1 is 1.28 bits per heavy atom. The highest BCUT2D eigenvalue weighted by atomic mass is 16.2. The van der Waals surface area contributed by atoms with Crippen LogP contribution in [0.15, 0.2) is 36.4 Å². The highest BCUT2D eigenvalue weighted by Gasteiger charge is 2.30. The maximum atomic E-state index is 12.3. The molecular formula is C19H25N5O. The number of amides is 2. The largest absolute Gasteiger partial charge is 0.342 e. The van der Waals surface area contributed by atoms with Crippen molar-refractivity contribution in [3.05, 3.63) is 42.2 Å². The molecule has 0 bridgehead atoms. The number of aromatic amines is 1. The molecule has 2 aliphatic rings. The lowest BCUT2D eigenvalue weighted by molar-refractivity contribution is 0.200. The number of carbonyl (C=O) groups excluding carboxylic acids is 1. The third-order valence-electron chi connectivity index (χ3n) is 5.12. The Balaban J connectivity index is 1.19. The van der Waals surface area contributed by atoms with E-state index >= 15 is 0 Å².